The van der Waals surface area contributed by atoms with Crippen molar-refractivity contribution in [1.82, 2.24) is 0 Å². The highest BCUT2D eigenvalue weighted by atomic mass is 79.9. The van der Waals surface area contributed by atoms with Crippen LogP contribution in [0.4, 0.5) is 0 Å². The van der Waals surface area contributed by atoms with Crippen LogP contribution in [0.3, 0.4) is 0 Å². The monoisotopic (exact) mass is 482 g/mol. The Kier molecular flexibility index (Phi) is 7.73. The van der Waals surface area contributed by atoms with Crippen molar-refractivity contribution in [3.8, 4) is 23.0 Å². The second-order valence-electron chi connectivity index (χ2n) is 6.58. The summed E-state index contributed by atoms with van der Waals surface area (Å²) < 4.78 is 22.8. The maximum Gasteiger partial charge on any atom is 0.185 e. The molecular formula is C25H23BrO5. The minimum atomic E-state index is -0.135. The first-order chi connectivity index (χ1) is 15.0. The van der Waals surface area contributed by atoms with Gasteiger partial charge in [-0.2, -0.15) is 0 Å². The molecule has 31 heavy (non-hydrogen) atoms. The van der Waals surface area contributed by atoms with Gasteiger partial charge in [0.05, 0.1) is 21.3 Å². The molecule has 0 aliphatic rings. The number of carbonyl (C=O) groups is 1. The Hall–Kier alpha value is -3.25. The van der Waals surface area contributed by atoms with Crippen molar-refractivity contribution < 1.29 is 23.7 Å². The lowest BCUT2D eigenvalue weighted by Crippen LogP contribution is -2.00. The second-order valence-corrected chi connectivity index (χ2v) is 7.50. The summed E-state index contributed by atoms with van der Waals surface area (Å²) in [6.07, 6.45) is 3.29. The number of hydrogen-bond acceptors (Lipinski definition) is 5. The number of allylic oxidation sites excluding steroid dienone is 1. The van der Waals surface area contributed by atoms with Crippen LogP contribution in [0, 0.1) is 0 Å². The first-order valence-corrected chi connectivity index (χ1v) is 10.3. The third kappa shape index (κ3) is 5.89. The van der Waals surface area contributed by atoms with Gasteiger partial charge in [0.25, 0.3) is 0 Å². The fraction of sp³-hybridized carbons (Fsp3) is 0.160. The first-order valence-electron chi connectivity index (χ1n) is 9.53. The molecule has 0 N–H and O–H groups in total. The van der Waals surface area contributed by atoms with Gasteiger partial charge in [-0.15, -0.1) is 0 Å². The van der Waals surface area contributed by atoms with Crippen LogP contribution in [0.5, 0.6) is 23.0 Å². The molecule has 0 aliphatic carbocycles. The number of carbonyl (C=O) groups excluding carboxylic acids is 1. The lowest BCUT2D eigenvalue weighted by atomic mass is 10.1. The molecule has 3 aromatic rings. The fourth-order valence-corrected chi connectivity index (χ4v) is 3.37. The van der Waals surface area contributed by atoms with Crippen molar-refractivity contribution in [3.63, 3.8) is 0 Å². The highest BCUT2D eigenvalue weighted by Crippen LogP contribution is 2.28. The number of ether oxygens (including phenoxy) is 4. The maximum atomic E-state index is 12.6. The van der Waals surface area contributed by atoms with Gasteiger partial charge in [0, 0.05) is 15.6 Å². The van der Waals surface area contributed by atoms with E-state index in [9.17, 15) is 4.79 Å². The first kappa shape index (κ1) is 22.4. The van der Waals surface area contributed by atoms with Gasteiger partial charge >= 0.3 is 0 Å². The van der Waals surface area contributed by atoms with Crippen LogP contribution in [0.15, 0.2) is 71.2 Å². The molecule has 5 nitrogen and oxygen atoms in total. The molecule has 0 saturated heterocycles. The lowest BCUT2D eigenvalue weighted by molar-refractivity contribution is 0.104. The Morgan fingerprint density at radius 3 is 2.32 bits per heavy atom. The van der Waals surface area contributed by atoms with Crippen LogP contribution in [-0.2, 0) is 6.61 Å². The van der Waals surface area contributed by atoms with Crippen LogP contribution in [0.2, 0.25) is 0 Å². The van der Waals surface area contributed by atoms with Gasteiger partial charge in [0.1, 0.15) is 18.1 Å². The van der Waals surface area contributed by atoms with Crippen molar-refractivity contribution in [2.45, 2.75) is 6.61 Å². The van der Waals surface area contributed by atoms with Crippen LogP contribution in [0.25, 0.3) is 6.08 Å². The third-order valence-corrected chi connectivity index (χ3v) is 5.08. The largest absolute Gasteiger partial charge is 0.496 e. The van der Waals surface area contributed by atoms with Gasteiger partial charge in [-0.25, -0.2) is 0 Å². The number of ketones is 1. The predicted molar refractivity (Wildman–Crippen MR) is 124 cm³/mol. The molecule has 3 aromatic carbocycles. The zero-order valence-corrected chi connectivity index (χ0v) is 19.1. The van der Waals surface area contributed by atoms with E-state index in [1.807, 2.05) is 42.5 Å². The fourth-order valence-electron chi connectivity index (χ4n) is 2.99. The Bertz CT molecular complexity index is 1090. The molecule has 0 radical (unpaired) electrons. The molecule has 0 aliphatic heterocycles. The quantitative estimate of drug-likeness (QED) is 0.278. The zero-order valence-electron chi connectivity index (χ0n) is 17.6. The van der Waals surface area contributed by atoms with Crippen molar-refractivity contribution in [2.75, 3.05) is 21.3 Å². The van der Waals surface area contributed by atoms with Gasteiger partial charge in [0.2, 0.25) is 0 Å². The van der Waals surface area contributed by atoms with E-state index < -0.39 is 0 Å². The smallest absolute Gasteiger partial charge is 0.185 e. The summed E-state index contributed by atoms with van der Waals surface area (Å²) in [5.41, 5.74) is 2.26. The zero-order chi connectivity index (χ0) is 22.2. The normalized spacial score (nSPS) is 10.7. The van der Waals surface area contributed by atoms with Gasteiger partial charge in [0.15, 0.2) is 17.3 Å². The van der Waals surface area contributed by atoms with Crippen molar-refractivity contribution in [1.29, 1.82) is 0 Å². The summed E-state index contributed by atoms with van der Waals surface area (Å²) >= 11 is 3.44. The molecule has 0 atom stereocenters. The molecule has 0 aromatic heterocycles. The molecule has 0 unspecified atom stereocenters. The van der Waals surface area contributed by atoms with E-state index in [4.69, 9.17) is 18.9 Å². The van der Waals surface area contributed by atoms with E-state index in [-0.39, 0.29) is 5.78 Å². The molecule has 0 heterocycles. The van der Waals surface area contributed by atoms with Crippen LogP contribution in [-0.4, -0.2) is 27.1 Å². The Morgan fingerprint density at radius 1 is 0.871 bits per heavy atom. The molecule has 3 rings (SSSR count). The number of hydrogen-bond donors (Lipinski definition) is 0. The molecule has 0 spiro atoms. The van der Waals surface area contributed by atoms with E-state index >= 15 is 0 Å². The summed E-state index contributed by atoms with van der Waals surface area (Å²) in [5, 5.41) is 0. The number of benzene rings is 3. The van der Waals surface area contributed by atoms with E-state index in [1.165, 1.54) is 13.2 Å². The molecule has 160 valence electrons. The summed E-state index contributed by atoms with van der Waals surface area (Å²) in [6, 6.07) is 18.4. The number of rotatable bonds is 9. The molecule has 0 amide bonds. The van der Waals surface area contributed by atoms with E-state index in [0.29, 0.717) is 23.7 Å². The van der Waals surface area contributed by atoms with Crippen LogP contribution >= 0.6 is 15.9 Å². The molecule has 0 saturated carbocycles. The van der Waals surface area contributed by atoms with E-state index in [1.54, 1.807) is 38.5 Å². The van der Waals surface area contributed by atoms with Gasteiger partial charge in [-0.3, -0.25) is 4.79 Å². The van der Waals surface area contributed by atoms with Crippen molar-refractivity contribution >= 4 is 27.8 Å². The lowest BCUT2D eigenvalue weighted by Gasteiger charge is -2.11. The van der Waals surface area contributed by atoms with Gasteiger partial charge in [-0.1, -0.05) is 34.1 Å². The average molecular weight is 483 g/mol. The van der Waals surface area contributed by atoms with Gasteiger partial charge in [-0.05, 0) is 60.2 Å². The highest BCUT2D eigenvalue weighted by molar-refractivity contribution is 9.10. The van der Waals surface area contributed by atoms with Gasteiger partial charge < -0.3 is 18.9 Å². The summed E-state index contributed by atoms with van der Waals surface area (Å²) in [4.78, 5) is 12.6. The minimum absolute atomic E-state index is 0.135. The summed E-state index contributed by atoms with van der Waals surface area (Å²) in [5.74, 6) is 2.43. The third-order valence-electron chi connectivity index (χ3n) is 4.59. The summed E-state index contributed by atoms with van der Waals surface area (Å²) in [7, 11) is 4.71. The Labute approximate surface area is 190 Å². The molecule has 0 bridgehead atoms. The second kappa shape index (κ2) is 10.7. The van der Waals surface area contributed by atoms with Crippen LogP contribution in [0.1, 0.15) is 21.5 Å². The Balaban J connectivity index is 1.76. The van der Waals surface area contributed by atoms with E-state index in [0.717, 1.165) is 27.1 Å². The van der Waals surface area contributed by atoms with E-state index in [2.05, 4.69) is 15.9 Å². The summed E-state index contributed by atoms with van der Waals surface area (Å²) in [6.45, 7) is 0.338. The highest BCUT2D eigenvalue weighted by Gasteiger charge is 2.09. The Morgan fingerprint density at radius 2 is 1.61 bits per heavy atom. The molecule has 0 fully saturated rings. The molecule has 6 heteroatoms. The predicted octanol–water partition coefficient (Wildman–Crippen LogP) is 5.95. The molecular weight excluding hydrogens is 460 g/mol. The average Bonchev–Trinajstić information content (AvgIpc) is 2.80. The van der Waals surface area contributed by atoms with Crippen molar-refractivity contribution in [2.24, 2.45) is 0 Å². The minimum Gasteiger partial charge on any atom is -0.496 e. The standard InChI is InChI=1S/C25H23BrO5/c1-28-23-11-8-17(13-19(23)16-31-21-6-4-5-20(26)15-21)7-10-22(27)18-9-12-24(29-2)25(14-18)30-3/h4-15H,16H2,1-3H3/b10-7+. The topological polar surface area (TPSA) is 54.0 Å². The maximum absolute atomic E-state index is 12.6. The van der Waals surface area contributed by atoms with Crippen molar-refractivity contribution in [3.05, 3.63) is 87.9 Å². The number of halogens is 1. The SMILES string of the molecule is COc1ccc(/C=C/C(=O)c2ccc(OC)c(OC)c2)cc1COc1cccc(Br)c1. The number of methoxy groups -OCH3 is 3. The van der Waals surface area contributed by atoms with Crippen LogP contribution < -0.4 is 18.9 Å².